The fraction of sp³-hybridized carbons (Fsp3) is 0.583. The first-order chi connectivity index (χ1) is 7.44. The molecule has 1 aromatic rings. The normalized spacial score (nSPS) is 18.2. The molecule has 4 heteroatoms. The van der Waals surface area contributed by atoms with Crippen LogP contribution in [0.2, 0.25) is 0 Å². The number of aromatic carboxylic acids is 1. The SMILES string of the molecule is CC1(C)CCc2c(C(=O)O)sc(CO)c2C1. The van der Waals surface area contributed by atoms with Gasteiger partial charge in [0.1, 0.15) is 4.88 Å². The Morgan fingerprint density at radius 2 is 2.12 bits per heavy atom. The van der Waals surface area contributed by atoms with E-state index in [1.807, 2.05) is 0 Å². The van der Waals surface area contributed by atoms with Crippen molar-refractivity contribution in [1.29, 1.82) is 0 Å². The molecule has 0 radical (unpaired) electrons. The Labute approximate surface area is 98.7 Å². The maximum absolute atomic E-state index is 11.1. The van der Waals surface area contributed by atoms with E-state index in [0.717, 1.165) is 35.3 Å². The maximum Gasteiger partial charge on any atom is 0.346 e. The molecule has 1 aliphatic carbocycles. The van der Waals surface area contributed by atoms with Crippen molar-refractivity contribution in [3.05, 3.63) is 20.9 Å². The van der Waals surface area contributed by atoms with Crippen molar-refractivity contribution in [3.63, 3.8) is 0 Å². The lowest BCUT2D eigenvalue weighted by atomic mass is 9.74. The summed E-state index contributed by atoms with van der Waals surface area (Å²) >= 11 is 1.23. The van der Waals surface area contributed by atoms with E-state index in [9.17, 15) is 9.90 Å². The molecule has 0 saturated heterocycles. The van der Waals surface area contributed by atoms with Gasteiger partial charge in [0.05, 0.1) is 6.61 Å². The molecule has 88 valence electrons. The van der Waals surface area contributed by atoms with Gasteiger partial charge in [0.15, 0.2) is 0 Å². The number of hydrogen-bond acceptors (Lipinski definition) is 3. The van der Waals surface area contributed by atoms with E-state index in [-0.39, 0.29) is 12.0 Å². The lowest BCUT2D eigenvalue weighted by Gasteiger charge is -2.30. The number of rotatable bonds is 2. The molecule has 0 fully saturated rings. The van der Waals surface area contributed by atoms with Crippen LogP contribution in [-0.4, -0.2) is 16.2 Å². The number of thiophene rings is 1. The number of carbonyl (C=O) groups is 1. The van der Waals surface area contributed by atoms with Gasteiger partial charge in [-0.1, -0.05) is 13.8 Å². The van der Waals surface area contributed by atoms with E-state index in [1.54, 1.807) is 0 Å². The van der Waals surface area contributed by atoms with Crippen molar-refractivity contribution in [3.8, 4) is 0 Å². The van der Waals surface area contributed by atoms with Crippen molar-refractivity contribution >= 4 is 17.3 Å². The molecule has 16 heavy (non-hydrogen) atoms. The smallest absolute Gasteiger partial charge is 0.346 e. The molecule has 2 rings (SSSR count). The molecule has 0 unspecified atom stereocenters. The van der Waals surface area contributed by atoms with Crippen LogP contribution >= 0.6 is 11.3 Å². The predicted octanol–water partition coefficient (Wildman–Crippen LogP) is 2.45. The van der Waals surface area contributed by atoms with Crippen LogP contribution < -0.4 is 0 Å². The van der Waals surface area contributed by atoms with E-state index in [4.69, 9.17) is 5.11 Å². The molecular formula is C12H16O3S. The lowest BCUT2D eigenvalue weighted by molar-refractivity contribution is 0.0700. The van der Waals surface area contributed by atoms with E-state index in [0.29, 0.717) is 4.88 Å². The summed E-state index contributed by atoms with van der Waals surface area (Å²) < 4.78 is 0. The van der Waals surface area contributed by atoms with Crippen LogP contribution in [0.4, 0.5) is 0 Å². The Balaban J connectivity index is 2.50. The zero-order valence-electron chi connectivity index (χ0n) is 9.54. The highest BCUT2D eigenvalue weighted by Gasteiger charge is 2.31. The quantitative estimate of drug-likeness (QED) is 0.834. The Kier molecular flexibility index (Phi) is 2.80. The fourth-order valence-electron chi connectivity index (χ4n) is 2.35. The first-order valence-electron chi connectivity index (χ1n) is 5.42. The topological polar surface area (TPSA) is 57.5 Å². The van der Waals surface area contributed by atoms with Crippen molar-refractivity contribution in [2.24, 2.45) is 5.41 Å². The summed E-state index contributed by atoms with van der Waals surface area (Å²) in [6.45, 7) is 4.33. The van der Waals surface area contributed by atoms with Gasteiger partial charge in [-0.15, -0.1) is 11.3 Å². The Morgan fingerprint density at radius 1 is 1.44 bits per heavy atom. The van der Waals surface area contributed by atoms with Crippen molar-refractivity contribution in [2.75, 3.05) is 0 Å². The second-order valence-corrected chi connectivity index (χ2v) is 6.22. The third kappa shape index (κ3) is 1.87. The molecule has 1 aliphatic rings. The zero-order valence-corrected chi connectivity index (χ0v) is 10.4. The van der Waals surface area contributed by atoms with E-state index in [1.165, 1.54) is 11.3 Å². The monoisotopic (exact) mass is 240 g/mol. The Hall–Kier alpha value is -0.870. The van der Waals surface area contributed by atoms with E-state index < -0.39 is 5.97 Å². The Morgan fingerprint density at radius 3 is 2.69 bits per heavy atom. The van der Waals surface area contributed by atoms with Gasteiger partial charge in [-0.25, -0.2) is 4.79 Å². The standard InChI is InChI=1S/C12H16O3S/c1-12(2)4-3-7-8(5-12)9(6-13)16-10(7)11(14)15/h13H,3-6H2,1-2H3,(H,14,15). The van der Waals surface area contributed by atoms with Crippen LogP contribution in [0, 0.1) is 5.41 Å². The first kappa shape index (κ1) is 11.6. The average Bonchev–Trinajstić information content (AvgIpc) is 2.54. The molecule has 0 aliphatic heterocycles. The van der Waals surface area contributed by atoms with Gasteiger partial charge in [0, 0.05) is 4.88 Å². The third-order valence-corrected chi connectivity index (χ3v) is 4.49. The first-order valence-corrected chi connectivity index (χ1v) is 6.24. The number of hydrogen-bond donors (Lipinski definition) is 2. The minimum Gasteiger partial charge on any atom is -0.477 e. The molecule has 0 bridgehead atoms. The summed E-state index contributed by atoms with van der Waals surface area (Å²) in [5.41, 5.74) is 2.26. The number of carboxylic acids is 1. The second kappa shape index (κ2) is 3.86. The van der Waals surface area contributed by atoms with E-state index in [2.05, 4.69) is 13.8 Å². The van der Waals surface area contributed by atoms with Gasteiger partial charge in [0.2, 0.25) is 0 Å². The summed E-state index contributed by atoms with van der Waals surface area (Å²) in [6.07, 6.45) is 2.71. The van der Waals surface area contributed by atoms with Crippen LogP contribution in [0.1, 0.15) is 45.9 Å². The van der Waals surface area contributed by atoms with Gasteiger partial charge in [-0.05, 0) is 35.8 Å². The van der Waals surface area contributed by atoms with Crippen LogP contribution in [0.15, 0.2) is 0 Å². The predicted molar refractivity (Wildman–Crippen MR) is 63.0 cm³/mol. The molecule has 0 saturated carbocycles. The summed E-state index contributed by atoms with van der Waals surface area (Å²) in [4.78, 5) is 12.4. The highest BCUT2D eigenvalue weighted by Crippen LogP contribution is 2.41. The van der Waals surface area contributed by atoms with Gasteiger partial charge in [-0.3, -0.25) is 0 Å². The highest BCUT2D eigenvalue weighted by molar-refractivity contribution is 7.14. The molecule has 2 N–H and O–H groups in total. The maximum atomic E-state index is 11.1. The molecule has 0 atom stereocenters. The Bertz CT molecular complexity index is 432. The zero-order chi connectivity index (χ0) is 11.9. The summed E-state index contributed by atoms with van der Waals surface area (Å²) in [7, 11) is 0. The minimum atomic E-state index is -0.861. The van der Waals surface area contributed by atoms with Crippen LogP contribution in [0.25, 0.3) is 0 Å². The summed E-state index contributed by atoms with van der Waals surface area (Å²) in [6, 6.07) is 0. The molecular weight excluding hydrogens is 224 g/mol. The van der Waals surface area contributed by atoms with Gasteiger partial charge >= 0.3 is 5.97 Å². The minimum absolute atomic E-state index is 0.0453. The van der Waals surface area contributed by atoms with Gasteiger partial charge in [0.25, 0.3) is 0 Å². The van der Waals surface area contributed by atoms with Crippen LogP contribution in [0.5, 0.6) is 0 Å². The molecule has 0 aromatic carbocycles. The molecule has 0 amide bonds. The summed E-state index contributed by atoms with van der Waals surface area (Å²) in [5.74, 6) is -0.861. The van der Waals surface area contributed by atoms with Crippen molar-refractivity contribution in [2.45, 2.75) is 39.7 Å². The number of fused-ring (bicyclic) bond motifs is 1. The molecule has 0 spiro atoms. The van der Waals surface area contributed by atoms with Gasteiger partial charge in [-0.2, -0.15) is 0 Å². The van der Waals surface area contributed by atoms with Gasteiger partial charge < -0.3 is 10.2 Å². The number of carboxylic acid groups (broad SMARTS) is 1. The van der Waals surface area contributed by atoms with Crippen LogP contribution in [0.3, 0.4) is 0 Å². The molecule has 1 heterocycles. The van der Waals surface area contributed by atoms with Crippen molar-refractivity contribution in [1.82, 2.24) is 0 Å². The van der Waals surface area contributed by atoms with E-state index >= 15 is 0 Å². The molecule has 3 nitrogen and oxygen atoms in total. The second-order valence-electron chi connectivity index (χ2n) is 5.12. The summed E-state index contributed by atoms with van der Waals surface area (Å²) in [5, 5.41) is 18.4. The fourth-order valence-corrected chi connectivity index (χ4v) is 3.42. The largest absolute Gasteiger partial charge is 0.477 e. The average molecular weight is 240 g/mol. The number of aliphatic hydroxyl groups is 1. The van der Waals surface area contributed by atoms with Crippen molar-refractivity contribution < 1.29 is 15.0 Å². The highest BCUT2D eigenvalue weighted by atomic mass is 32.1. The lowest BCUT2D eigenvalue weighted by Crippen LogP contribution is -2.22. The number of aliphatic hydroxyl groups excluding tert-OH is 1. The third-order valence-electron chi connectivity index (χ3n) is 3.25. The van der Waals surface area contributed by atoms with Crippen LogP contribution in [-0.2, 0) is 19.4 Å². The molecule has 1 aromatic heterocycles.